The fraction of sp³-hybridized carbons (Fsp3) is 0.812. The number of hydrogen-bond donors (Lipinski definition) is 0. The van der Waals surface area contributed by atoms with E-state index in [0.717, 1.165) is 19.3 Å². The zero-order valence-corrected chi connectivity index (χ0v) is 11.9. The minimum Gasteiger partial charge on any atom is -0.466 e. The summed E-state index contributed by atoms with van der Waals surface area (Å²) in [6.07, 6.45) is 14.9. The summed E-state index contributed by atoms with van der Waals surface area (Å²) in [6, 6.07) is 0. The van der Waals surface area contributed by atoms with Crippen LogP contribution in [0.15, 0.2) is 11.6 Å². The summed E-state index contributed by atoms with van der Waals surface area (Å²) < 4.78 is 5.21. The van der Waals surface area contributed by atoms with Gasteiger partial charge in [0.15, 0.2) is 0 Å². The molecule has 0 spiro atoms. The molecule has 0 amide bonds. The predicted molar refractivity (Wildman–Crippen MR) is 75.5 cm³/mol. The molecule has 2 nitrogen and oxygen atoms in total. The number of cyclic esters (lactones) is 1. The first-order valence-corrected chi connectivity index (χ1v) is 7.60. The van der Waals surface area contributed by atoms with E-state index >= 15 is 0 Å². The molecule has 0 aromatic rings. The van der Waals surface area contributed by atoms with Crippen molar-refractivity contribution >= 4 is 5.97 Å². The Bertz CT molecular complexity index is 256. The number of rotatable bonds is 0. The second-order valence-corrected chi connectivity index (χ2v) is 5.39. The van der Waals surface area contributed by atoms with Crippen LogP contribution in [-0.4, -0.2) is 12.6 Å². The standard InChI is InChI=1S/C16H28O2/c1-15-11-7-5-3-2-4-6-8-13-16(17)18-14-10-9-12-15/h12H,2-11,13-14H2,1H3/b15-12+. The minimum atomic E-state index is -0.0113. The smallest absolute Gasteiger partial charge is 0.305 e. The van der Waals surface area contributed by atoms with Crippen LogP contribution in [0.1, 0.15) is 77.6 Å². The predicted octanol–water partition coefficient (Wildman–Crippen LogP) is 4.78. The van der Waals surface area contributed by atoms with Gasteiger partial charge in [-0.3, -0.25) is 4.79 Å². The lowest BCUT2D eigenvalue weighted by Gasteiger charge is -2.06. The SMILES string of the molecule is C/C1=C\CCCOC(=O)CCCCCCCCC1. The van der Waals surface area contributed by atoms with Gasteiger partial charge >= 0.3 is 5.97 Å². The number of esters is 1. The molecule has 0 fully saturated rings. The second kappa shape index (κ2) is 10.2. The Morgan fingerprint density at radius 2 is 1.50 bits per heavy atom. The van der Waals surface area contributed by atoms with E-state index in [2.05, 4.69) is 13.0 Å². The normalized spacial score (nSPS) is 24.9. The molecule has 0 atom stereocenters. The first kappa shape index (κ1) is 15.3. The van der Waals surface area contributed by atoms with Crippen LogP contribution in [0.4, 0.5) is 0 Å². The molecule has 0 saturated heterocycles. The number of carbonyl (C=O) groups excluding carboxylic acids is 1. The molecular weight excluding hydrogens is 224 g/mol. The van der Waals surface area contributed by atoms with Gasteiger partial charge in [-0.1, -0.05) is 43.8 Å². The first-order chi connectivity index (χ1) is 8.79. The van der Waals surface area contributed by atoms with Gasteiger partial charge < -0.3 is 4.74 Å². The van der Waals surface area contributed by atoms with Crippen molar-refractivity contribution in [1.82, 2.24) is 0 Å². The summed E-state index contributed by atoms with van der Waals surface area (Å²) in [5, 5.41) is 0. The number of ether oxygens (including phenoxy) is 1. The highest BCUT2D eigenvalue weighted by molar-refractivity contribution is 5.69. The molecule has 0 aromatic carbocycles. The van der Waals surface area contributed by atoms with E-state index in [1.54, 1.807) is 0 Å². The van der Waals surface area contributed by atoms with Crippen LogP contribution in [0, 0.1) is 0 Å². The van der Waals surface area contributed by atoms with E-state index in [0.29, 0.717) is 13.0 Å². The monoisotopic (exact) mass is 252 g/mol. The molecule has 1 rings (SSSR count). The molecule has 0 N–H and O–H groups in total. The third-order valence-electron chi connectivity index (χ3n) is 3.56. The van der Waals surface area contributed by atoms with Gasteiger partial charge in [0.05, 0.1) is 6.61 Å². The molecule has 0 radical (unpaired) electrons. The molecule has 0 saturated carbocycles. The van der Waals surface area contributed by atoms with Gasteiger partial charge in [-0.15, -0.1) is 0 Å². The maximum atomic E-state index is 11.4. The lowest BCUT2D eigenvalue weighted by Crippen LogP contribution is -2.05. The van der Waals surface area contributed by atoms with E-state index in [4.69, 9.17) is 4.74 Å². The van der Waals surface area contributed by atoms with Crippen LogP contribution < -0.4 is 0 Å². The second-order valence-electron chi connectivity index (χ2n) is 5.39. The third kappa shape index (κ3) is 8.32. The van der Waals surface area contributed by atoms with Crippen LogP contribution in [0.25, 0.3) is 0 Å². The highest BCUT2D eigenvalue weighted by atomic mass is 16.5. The number of allylic oxidation sites excluding steroid dienone is 2. The number of carbonyl (C=O) groups is 1. The lowest BCUT2D eigenvalue weighted by molar-refractivity contribution is -0.143. The first-order valence-electron chi connectivity index (χ1n) is 7.60. The van der Waals surface area contributed by atoms with Crippen molar-refractivity contribution in [2.45, 2.75) is 77.6 Å². The van der Waals surface area contributed by atoms with E-state index in [-0.39, 0.29) is 5.97 Å². The van der Waals surface area contributed by atoms with Gasteiger partial charge in [0, 0.05) is 6.42 Å². The average Bonchev–Trinajstić information content (AvgIpc) is 2.35. The molecule has 2 heteroatoms. The average molecular weight is 252 g/mol. The molecule has 0 aliphatic carbocycles. The van der Waals surface area contributed by atoms with Crippen molar-refractivity contribution in [3.05, 3.63) is 11.6 Å². The maximum absolute atomic E-state index is 11.4. The van der Waals surface area contributed by atoms with E-state index < -0.39 is 0 Å². The Morgan fingerprint density at radius 3 is 2.22 bits per heavy atom. The van der Waals surface area contributed by atoms with Crippen molar-refractivity contribution < 1.29 is 9.53 Å². The van der Waals surface area contributed by atoms with Gasteiger partial charge in [0.25, 0.3) is 0 Å². The largest absolute Gasteiger partial charge is 0.466 e. The van der Waals surface area contributed by atoms with Gasteiger partial charge in [-0.05, 0) is 39.0 Å². The van der Waals surface area contributed by atoms with Crippen LogP contribution in [0.3, 0.4) is 0 Å². The Morgan fingerprint density at radius 1 is 0.889 bits per heavy atom. The zero-order valence-electron chi connectivity index (χ0n) is 11.9. The lowest BCUT2D eigenvalue weighted by atomic mass is 10.0. The topological polar surface area (TPSA) is 26.3 Å². The fourth-order valence-corrected chi connectivity index (χ4v) is 2.35. The third-order valence-corrected chi connectivity index (χ3v) is 3.56. The van der Waals surface area contributed by atoms with Crippen molar-refractivity contribution in [2.75, 3.05) is 6.61 Å². The van der Waals surface area contributed by atoms with Crippen molar-refractivity contribution in [1.29, 1.82) is 0 Å². The summed E-state index contributed by atoms with van der Waals surface area (Å²) >= 11 is 0. The highest BCUT2D eigenvalue weighted by Gasteiger charge is 2.02. The number of hydrogen-bond acceptors (Lipinski definition) is 2. The highest BCUT2D eigenvalue weighted by Crippen LogP contribution is 2.14. The summed E-state index contributed by atoms with van der Waals surface area (Å²) in [5.41, 5.74) is 1.49. The van der Waals surface area contributed by atoms with Gasteiger partial charge in [-0.2, -0.15) is 0 Å². The van der Waals surface area contributed by atoms with Crippen LogP contribution in [-0.2, 0) is 9.53 Å². The zero-order chi connectivity index (χ0) is 13.1. The van der Waals surface area contributed by atoms with E-state index in [1.165, 1.54) is 50.5 Å². The Labute approximate surface area is 112 Å². The quantitative estimate of drug-likeness (QED) is 0.458. The van der Waals surface area contributed by atoms with Crippen molar-refractivity contribution in [2.24, 2.45) is 0 Å². The van der Waals surface area contributed by atoms with Crippen LogP contribution in [0.5, 0.6) is 0 Å². The van der Waals surface area contributed by atoms with E-state index in [1.807, 2.05) is 0 Å². The van der Waals surface area contributed by atoms with Crippen LogP contribution >= 0.6 is 0 Å². The van der Waals surface area contributed by atoms with Crippen LogP contribution in [0.2, 0.25) is 0 Å². The van der Waals surface area contributed by atoms with Gasteiger partial charge in [0.1, 0.15) is 0 Å². The molecule has 1 aliphatic rings. The Kier molecular flexibility index (Phi) is 8.62. The summed E-state index contributed by atoms with van der Waals surface area (Å²) in [7, 11) is 0. The molecule has 1 heterocycles. The Balaban J connectivity index is 2.28. The van der Waals surface area contributed by atoms with Crippen molar-refractivity contribution in [3.63, 3.8) is 0 Å². The molecular formula is C16H28O2. The Hall–Kier alpha value is -0.790. The molecule has 1 aliphatic heterocycles. The fourth-order valence-electron chi connectivity index (χ4n) is 2.35. The van der Waals surface area contributed by atoms with Crippen molar-refractivity contribution in [3.8, 4) is 0 Å². The van der Waals surface area contributed by atoms with Gasteiger partial charge in [0.2, 0.25) is 0 Å². The van der Waals surface area contributed by atoms with Gasteiger partial charge in [-0.25, -0.2) is 0 Å². The molecule has 0 bridgehead atoms. The molecule has 0 unspecified atom stereocenters. The summed E-state index contributed by atoms with van der Waals surface area (Å²) in [5.74, 6) is -0.0113. The molecule has 0 aromatic heterocycles. The summed E-state index contributed by atoms with van der Waals surface area (Å²) in [6.45, 7) is 2.80. The summed E-state index contributed by atoms with van der Waals surface area (Å²) in [4.78, 5) is 11.4. The molecule has 104 valence electrons. The maximum Gasteiger partial charge on any atom is 0.305 e. The molecule has 18 heavy (non-hydrogen) atoms. The minimum absolute atomic E-state index is 0.0113. The van der Waals surface area contributed by atoms with E-state index in [9.17, 15) is 4.79 Å².